The first-order chi connectivity index (χ1) is 13.4. The van der Waals surface area contributed by atoms with Gasteiger partial charge in [-0.05, 0) is 50.1 Å². The number of hydrogen-bond acceptors (Lipinski definition) is 5. The number of β-amino-alcohol motifs (C(OH)–C–C–N with tert-alkyl or cyclic N) is 1. The van der Waals surface area contributed by atoms with E-state index in [1.54, 1.807) is 31.2 Å². The van der Waals surface area contributed by atoms with Crippen LogP contribution in [0.15, 0.2) is 48.5 Å². The number of nitrogens with zero attached hydrogens (tertiary/aromatic N) is 1. The van der Waals surface area contributed by atoms with Crippen molar-refractivity contribution in [1.82, 2.24) is 4.90 Å². The summed E-state index contributed by atoms with van der Waals surface area (Å²) in [5.41, 5.74) is 2.34. The van der Waals surface area contributed by atoms with Crippen molar-refractivity contribution in [1.29, 1.82) is 0 Å². The van der Waals surface area contributed by atoms with Crippen molar-refractivity contribution in [3.05, 3.63) is 70.2 Å². The predicted molar refractivity (Wildman–Crippen MR) is 108 cm³/mol. The molecule has 28 heavy (non-hydrogen) atoms. The lowest BCUT2D eigenvalue weighted by Gasteiger charge is -2.42. The van der Waals surface area contributed by atoms with Crippen LogP contribution in [-0.2, 0) is 21.7 Å². The van der Waals surface area contributed by atoms with Crippen molar-refractivity contribution >= 4 is 17.6 Å². The molecule has 6 heteroatoms. The average molecular weight is 404 g/mol. The maximum atomic E-state index is 11.8. The molecule has 1 saturated heterocycles. The number of benzene rings is 2. The lowest BCUT2D eigenvalue weighted by atomic mass is 10.00. The number of morpholine rings is 1. The van der Waals surface area contributed by atoms with Crippen molar-refractivity contribution in [2.75, 3.05) is 26.3 Å². The lowest BCUT2D eigenvalue weighted by molar-refractivity contribution is -0.251. The van der Waals surface area contributed by atoms with Gasteiger partial charge in [0.2, 0.25) is 5.79 Å². The molecule has 1 N–H and O–H groups in total. The molecule has 1 heterocycles. The third kappa shape index (κ3) is 4.92. The summed E-state index contributed by atoms with van der Waals surface area (Å²) in [6, 6.07) is 14.8. The quantitative estimate of drug-likeness (QED) is 0.746. The normalized spacial score (nSPS) is 21.3. The molecule has 1 aliphatic rings. The monoisotopic (exact) mass is 403 g/mol. The highest BCUT2D eigenvalue weighted by molar-refractivity contribution is 6.30. The second-order valence-corrected chi connectivity index (χ2v) is 7.52. The molecule has 0 aromatic heterocycles. The number of rotatable bonds is 6. The van der Waals surface area contributed by atoms with Gasteiger partial charge in [-0.3, -0.25) is 4.90 Å². The van der Waals surface area contributed by atoms with Crippen LogP contribution in [0.3, 0.4) is 0 Å². The van der Waals surface area contributed by atoms with E-state index in [1.165, 1.54) is 0 Å². The molecule has 2 aromatic carbocycles. The van der Waals surface area contributed by atoms with E-state index in [2.05, 4.69) is 11.8 Å². The molecule has 3 rings (SSSR count). The first-order valence-corrected chi connectivity index (χ1v) is 9.91. The Balaban J connectivity index is 1.65. The summed E-state index contributed by atoms with van der Waals surface area (Å²) in [4.78, 5) is 14.0. The van der Waals surface area contributed by atoms with Crippen LogP contribution in [0.5, 0.6) is 0 Å². The van der Waals surface area contributed by atoms with E-state index in [1.807, 2.05) is 24.3 Å². The molecule has 0 spiro atoms. The third-order valence-electron chi connectivity index (χ3n) is 5.03. The average Bonchev–Trinajstić information content (AvgIpc) is 2.69. The van der Waals surface area contributed by atoms with Crippen LogP contribution in [0, 0.1) is 0 Å². The number of carbonyl (C=O) groups excluding carboxylic acids is 1. The molecular weight excluding hydrogens is 378 g/mol. The second-order valence-electron chi connectivity index (χ2n) is 7.08. The first kappa shape index (κ1) is 20.8. The van der Waals surface area contributed by atoms with Gasteiger partial charge in [-0.25, -0.2) is 4.79 Å². The zero-order valence-corrected chi connectivity index (χ0v) is 17.0. The Morgan fingerprint density at radius 3 is 2.75 bits per heavy atom. The Hall–Kier alpha value is -1.92. The minimum absolute atomic E-state index is 0.197. The van der Waals surface area contributed by atoms with Gasteiger partial charge in [-0.1, -0.05) is 35.9 Å². The Morgan fingerprint density at radius 1 is 1.32 bits per heavy atom. The summed E-state index contributed by atoms with van der Waals surface area (Å²) in [6.07, 6.45) is 0.800. The molecule has 0 saturated carbocycles. The van der Waals surface area contributed by atoms with Crippen LogP contribution in [0.1, 0.15) is 35.3 Å². The third-order valence-corrected chi connectivity index (χ3v) is 5.27. The molecule has 0 bridgehead atoms. The topological polar surface area (TPSA) is 59.0 Å². The fourth-order valence-corrected chi connectivity index (χ4v) is 3.67. The molecular formula is C22H26ClNO4. The van der Waals surface area contributed by atoms with Gasteiger partial charge in [0.25, 0.3) is 0 Å². The minimum atomic E-state index is -1.37. The summed E-state index contributed by atoms with van der Waals surface area (Å²) in [5.74, 6) is -1.67. The summed E-state index contributed by atoms with van der Waals surface area (Å²) in [6.45, 7) is 5.84. The Labute approximate surface area is 170 Å². The van der Waals surface area contributed by atoms with Crippen LogP contribution < -0.4 is 0 Å². The summed E-state index contributed by atoms with van der Waals surface area (Å²) in [7, 11) is 0. The van der Waals surface area contributed by atoms with Crippen LogP contribution in [-0.4, -0.2) is 48.3 Å². The Kier molecular flexibility index (Phi) is 6.73. The maximum Gasteiger partial charge on any atom is 0.338 e. The van der Waals surface area contributed by atoms with Crippen molar-refractivity contribution in [3.8, 4) is 0 Å². The molecule has 0 aliphatic carbocycles. The molecule has 0 amide bonds. The number of carbonyl (C=O) groups is 1. The number of ether oxygens (including phenoxy) is 2. The van der Waals surface area contributed by atoms with E-state index >= 15 is 0 Å². The molecule has 5 nitrogen and oxygen atoms in total. The van der Waals surface area contributed by atoms with Gasteiger partial charge in [-0.15, -0.1) is 0 Å². The van der Waals surface area contributed by atoms with E-state index < -0.39 is 5.79 Å². The van der Waals surface area contributed by atoms with Crippen molar-refractivity contribution < 1.29 is 19.4 Å². The first-order valence-electron chi connectivity index (χ1n) is 9.54. The van der Waals surface area contributed by atoms with Crippen molar-refractivity contribution in [2.45, 2.75) is 32.1 Å². The molecule has 150 valence electrons. The summed E-state index contributed by atoms with van der Waals surface area (Å²) >= 11 is 6.07. The number of halogens is 1. The van der Waals surface area contributed by atoms with Gasteiger partial charge < -0.3 is 14.6 Å². The number of hydrogen-bond donors (Lipinski definition) is 1. The summed E-state index contributed by atoms with van der Waals surface area (Å²) < 4.78 is 10.7. The summed E-state index contributed by atoms with van der Waals surface area (Å²) in [5, 5.41) is 11.6. The Bertz CT molecular complexity index is 810. The van der Waals surface area contributed by atoms with E-state index in [-0.39, 0.29) is 12.0 Å². The molecule has 1 fully saturated rings. The van der Waals surface area contributed by atoms with E-state index in [0.29, 0.717) is 35.9 Å². The molecule has 0 radical (unpaired) electrons. The van der Waals surface area contributed by atoms with Crippen molar-refractivity contribution in [2.24, 2.45) is 0 Å². The lowest BCUT2D eigenvalue weighted by Crippen LogP contribution is -2.53. The Morgan fingerprint density at radius 2 is 2.07 bits per heavy atom. The van der Waals surface area contributed by atoms with Gasteiger partial charge >= 0.3 is 5.97 Å². The zero-order valence-electron chi connectivity index (χ0n) is 16.2. The predicted octanol–water partition coefficient (Wildman–Crippen LogP) is 3.63. The van der Waals surface area contributed by atoms with Crippen LogP contribution in [0.2, 0.25) is 5.02 Å². The number of esters is 1. The van der Waals surface area contributed by atoms with Gasteiger partial charge in [0, 0.05) is 23.2 Å². The second kappa shape index (κ2) is 9.05. The highest BCUT2D eigenvalue weighted by atomic mass is 35.5. The fourth-order valence-electron chi connectivity index (χ4n) is 3.48. The highest BCUT2D eigenvalue weighted by Crippen LogP contribution is 2.30. The van der Waals surface area contributed by atoms with Gasteiger partial charge in [0.15, 0.2) is 0 Å². The van der Waals surface area contributed by atoms with Crippen molar-refractivity contribution in [3.63, 3.8) is 0 Å². The number of aliphatic hydroxyl groups is 1. The molecule has 2 aromatic rings. The molecule has 2 atom stereocenters. The highest BCUT2D eigenvalue weighted by Gasteiger charge is 2.37. The molecule has 2 unspecified atom stereocenters. The minimum Gasteiger partial charge on any atom is -0.462 e. The van der Waals surface area contributed by atoms with Crippen LogP contribution >= 0.6 is 11.6 Å². The largest absolute Gasteiger partial charge is 0.462 e. The zero-order chi connectivity index (χ0) is 20.1. The van der Waals surface area contributed by atoms with Crippen LogP contribution in [0.4, 0.5) is 0 Å². The van der Waals surface area contributed by atoms with Crippen LogP contribution in [0.25, 0.3) is 0 Å². The van der Waals surface area contributed by atoms with E-state index in [0.717, 1.165) is 18.5 Å². The van der Waals surface area contributed by atoms with Gasteiger partial charge in [0.05, 0.1) is 25.3 Å². The van der Waals surface area contributed by atoms with Gasteiger partial charge in [-0.2, -0.15) is 0 Å². The fraction of sp³-hybridized carbons (Fsp3) is 0.409. The standard InChI is InChI=1S/C22H26ClNO4/c1-3-27-21(25)18-9-7-17(8-10-18)13-16(2)24-11-12-28-22(26,15-24)19-5-4-6-20(23)14-19/h4-10,14,16,26H,3,11-13,15H2,1-2H3. The van der Waals surface area contributed by atoms with Gasteiger partial charge in [0.1, 0.15) is 0 Å². The smallest absolute Gasteiger partial charge is 0.338 e. The SMILES string of the molecule is CCOC(=O)c1ccc(CC(C)N2CCOC(O)(c3cccc(Cl)c3)C2)cc1. The van der Waals surface area contributed by atoms with E-state index in [4.69, 9.17) is 21.1 Å². The maximum absolute atomic E-state index is 11.8. The van der Waals surface area contributed by atoms with E-state index in [9.17, 15) is 9.90 Å². The molecule has 1 aliphatic heterocycles.